The molecule has 4 nitrogen and oxygen atoms in total. The fourth-order valence-corrected chi connectivity index (χ4v) is 3.66. The molecule has 1 fully saturated rings. The average molecular weight is 332 g/mol. The van der Waals surface area contributed by atoms with Crippen molar-refractivity contribution in [3.05, 3.63) is 29.8 Å². The lowest BCUT2D eigenvalue weighted by Crippen LogP contribution is -2.34. The van der Waals surface area contributed by atoms with Gasteiger partial charge in [-0.2, -0.15) is 0 Å². The highest BCUT2D eigenvalue weighted by atomic mass is 16.5. The maximum absolute atomic E-state index is 12.9. The number of ether oxygens (including phenoxy) is 1. The summed E-state index contributed by atoms with van der Waals surface area (Å²) in [7, 11) is 1.33. The van der Waals surface area contributed by atoms with Crippen molar-refractivity contribution in [1.82, 2.24) is 0 Å². The number of aromatic hydroxyl groups is 1. The number of carbonyl (C=O) groups is 2. The van der Waals surface area contributed by atoms with Crippen molar-refractivity contribution >= 4 is 11.8 Å². The van der Waals surface area contributed by atoms with Gasteiger partial charge in [0.1, 0.15) is 11.7 Å². The molecule has 0 radical (unpaired) electrons. The Kier molecular flexibility index (Phi) is 6.41. The second-order valence-electron chi connectivity index (χ2n) is 7.20. The van der Waals surface area contributed by atoms with Gasteiger partial charge in [0.15, 0.2) is 5.78 Å². The van der Waals surface area contributed by atoms with Crippen molar-refractivity contribution in [1.29, 1.82) is 0 Å². The molecular weight excluding hydrogens is 304 g/mol. The third kappa shape index (κ3) is 4.59. The van der Waals surface area contributed by atoms with Gasteiger partial charge in [0.2, 0.25) is 0 Å². The third-order valence-electron chi connectivity index (χ3n) is 5.32. The molecule has 2 rings (SSSR count). The van der Waals surface area contributed by atoms with E-state index in [-0.39, 0.29) is 17.5 Å². The molecule has 1 unspecified atom stereocenters. The summed E-state index contributed by atoms with van der Waals surface area (Å²) in [5.41, 5.74) is 0.854. The first-order chi connectivity index (χ1) is 11.4. The van der Waals surface area contributed by atoms with Crippen molar-refractivity contribution in [2.45, 2.75) is 46.0 Å². The Labute approximate surface area is 144 Å². The summed E-state index contributed by atoms with van der Waals surface area (Å²) in [4.78, 5) is 25.0. The summed E-state index contributed by atoms with van der Waals surface area (Å²) in [6.45, 7) is 4.46. The van der Waals surface area contributed by atoms with E-state index < -0.39 is 11.9 Å². The zero-order valence-electron chi connectivity index (χ0n) is 14.8. The van der Waals surface area contributed by atoms with Crippen molar-refractivity contribution in [2.24, 2.45) is 23.7 Å². The minimum atomic E-state index is -0.750. The van der Waals surface area contributed by atoms with Crippen molar-refractivity contribution in [3.63, 3.8) is 0 Å². The molecule has 0 amide bonds. The van der Waals surface area contributed by atoms with Gasteiger partial charge in [-0.25, -0.2) is 0 Å². The van der Waals surface area contributed by atoms with E-state index in [9.17, 15) is 14.7 Å². The summed E-state index contributed by atoms with van der Waals surface area (Å²) < 4.78 is 4.87. The lowest BCUT2D eigenvalue weighted by molar-refractivity contribution is -0.150. The van der Waals surface area contributed by atoms with E-state index in [0.29, 0.717) is 18.3 Å². The quantitative estimate of drug-likeness (QED) is 0.636. The number of hydrogen-bond donors (Lipinski definition) is 1. The zero-order valence-corrected chi connectivity index (χ0v) is 14.8. The predicted molar refractivity (Wildman–Crippen MR) is 92.6 cm³/mol. The Morgan fingerprint density at radius 3 is 2.21 bits per heavy atom. The van der Waals surface area contributed by atoms with E-state index in [1.54, 1.807) is 24.3 Å². The number of ketones is 1. The fraction of sp³-hybridized carbons (Fsp3) is 0.600. The molecule has 1 aromatic carbocycles. The molecule has 4 heteroatoms. The molecule has 1 saturated carbocycles. The molecule has 1 N–H and O–H groups in total. The molecule has 0 bridgehead atoms. The Morgan fingerprint density at radius 1 is 1.12 bits per heavy atom. The molecule has 1 aliphatic rings. The van der Waals surface area contributed by atoms with Crippen LogP contribution in [0.4, 0.5) is 0 Å². The van der Waals surface area contributed by atoms with Gasteiger partial charge in [-0.15, -0.1) is 0 Å². The van der Waals surface area contributed by atoms with Gasteiger partial charge < -0.3 is 9.84 Å². The van der Waals surface area contributed by atoms with Crippen LogP contribution >= 0.6 is 0 Å². The van der Waals surface area contributed by atoms with Gasteiger partial charge in [-0.1, -0.05) is 26.0 Å². The second-order valence-corrected chi connectivity index (χ2v) is 7.20. The number of Topliss-reactive ketones (excluding diaryl/α,β-unsaturated/α-hetero) is 1. The summed E-state index contributed by atoms with van der Waals surface area (Å²) in [5.74, 6) is 0.265. The van der Waals surface area contributed by atoms with Gasteiger partial charge in [0.25, 0.3) is 0 Å². The molecule has 132 valence electrons. The number of hydrogen-bond acceptors (Lipinski definition) is 4. The van der Waals surface area contributed by atoms with Gasteiger partial charge >= 0.3 is 5.97 Å². The van der Waals surface area contributed by atoms with Crippen LogP contribution < -0.4 is 0 Å². The summed E-state index contributed by atoms with van der Waals surface area (Å²) in [5, 5.41) is 9.37. The van der Waals surface area contributed by atoms with Gasteiger partial charge in [-0.3, -0.25) is 9.59 Å². The standard InChI is InChI=1S/C20H28O4/c1-13(2)15-6-8-16(9-7-15)19(22)18(20(23)24-3)12-14-4-10-17(21)11-5-14/h4-5,10-11,13,15-16,18,21H,6-9,12H2,1-3H3. The van der Waals surface area contributed by atoms with Crippen LogP contribution in [0.15, 0.2) is 24.3 Å². The number of methoxy groups -OCH3 is 1. The molecule has 0 aromatic heterocycles. The van der Waals surface area contributed by atoms with E-state index in [1.807, 2.05) is 0 Å². The highest BCUT2D eigenvalue weighted by molar-refractivity contribution is 6.00. The first-order valence-electron chi connectivity index (χ1n) is 8.81. The van der Waals surface area contributed by atoms with E-state index in [0.717, 1.165) is 31.2 Å². The number of phenols is 1. The molecule has 0 heterocycles. The normalized spacial score (nSPS) is 22.2. The van der Waals surface area contributed by atoms with Crippen LogP contribution in [-0.4, -0.2) is 24.0 Å². The molecule has 1 aliphatic carbocycles. The summed E-state index contributed by atoms with van der Waals surface area (Å²) in [6.07, 6.45) is 4.17. The molecule has 0 aliphatic heterocycles. The highest BCUT2D eigenvalue weighted by Gasteiger charge is 2.35. The minimum Gasteiger partial charge on any atom is -0.508 e. The topological polar surface area (TPSA) is 63.6 Å². The fourth-order valence-electron chi connectivity index (χ4n) is 3.66. The maximum atomic E-state index is 12.9. The highest BCUT2D eigenvalue weighted by Crippen LogP contribution is 2.35. The van der Waals surface area contributed by atoms with E-state index in [4.69, 9.17) is 4.74 Å². The van der Waals surface area contributed by atoms with Gasteiger partial charge in [-0.05, 0) is 61.6 Å². The van der Waals surface area contributed by atoms with Crippen LogP contribution in [-0.2, 0) is 20.7 Å². The van der Waals surface area contributed by atoms with Crippen LogP contribution in [0.2, 0.25) is 0 Å². The summed E-state index contributed by atoms with van der Waals surface area (Å²) >= 11 is 0. The first-order valence-corrected chi connectivity index (χ1v) is 8.81. The van der Waals surface area contributed by atoms with Crippen molar-refractivity contribution in [3.8, 4) is 5.75 Å². The zero-order chi connectivity index (χ0) is 17.7. The maximum Gasteiger partial charge on any atom is 0.316 e. The smallest absolute Gasteiger partial charge is 0.316 e. The Balaban J connectivity index is 2.06. The second kappa shape index (κ2) is 8.32. The molecule has 0 saturated heterocycles. The lowest BCUT2D eigenvalue weighted by atomic mass is 9.73. The van der Waals surface area contributed by atoms with Crippen LogP contribution in [0.25, 0.3) is 0 Å². The Hall–Kier alpha value is -1.84. The Bertz CT molecular complexity index is 554. The number of rotatable bonds is 6. The largest absolute Gasteiger partial charge is 0.508 e. The number of esters is 1. The predicted octanol–water partition coefficient (Wildman–Crippen LogP) is 3.76. The van der Waals surface area contributed by atoms with Crippen LogP contribution in [0.5, 0.6) is 5.75 Å². The van der Waals surface area contributed by atoms with Crippen LogP contribution in [0, 0.1) is 23.7 Å². The van der Waals surface area contributed by atoms with Gasteiger partial charge in [0.05, 0.1) is 7.11 Å². The monoisotopic (exact) mass is 332 g/mol. The van der Waals surface area contributed by atoms with E-state index in [2.05, 4.69) is 13.8 Å². The SMILES string of the molecule is COC(=O)C(Cc1ccc(O)cc1)C(=O)C1CCC(C(C)C)CC1. The molecule has 0 spiro atoms. The van der Waals surface area contributed by atoms with E-state index >= 15 is 0 Å². The van der Waals surface area contributed by atoms with E-state index in [1.165, 1.54) is 7.11 Å². The average Bonchev–Trinajstić information content (AvgIpc) is 2.60. The molecule has 1 aromatic rings. The van der Waals surface area contributed by atoms with Crippen LogP contribution in [0.1, 0.15) is 45.1 Å². The molecule has 1 atom stereocenters. The van der Waals surface area contributed by atoms with Crippen molar-refractivity contribution < 1.29 is 19.4 Å². The first kappa shape index (κ1) is 18.5. The van der Waals surface area contributed by atoms with Crippen molar-refractivity contribution in [2.75, 3.05) is 7.11 Å². The number of phenolic OH excluding ortho intramolecular Hbond substituents is 1. The number of benzene rings is 1. The lowest BCUT2D eigenvalue weighted by Gasteiger charge is -2.31. The minimum absolute atomic E-state index is 0.0112. The third-order valence-corrected chi connectivity index (χ3v) is 5.32. The Morgan fingerprint density at radius 2 is 1.71 bits per heavy atom. The van der Waals surface area contributed by atoms with Crippen LogP contribution in [0.3, 0.4) is 0 Å². The van der Waals surface area contributed by atoms with Gasteiger partial charge in [0, 0.05) is 5.92 Å². The summed E-state index contributed by atoms with van der Waals surface area (Å²) in [6, 6.07) is 6.63. The molecular formula is C20H28O4. The molecule has 24 heavy (non-hydrogen) atoms. The number of carbonyl (C=O) groups excluding carboxylic acids is 2.